The van der Waals surface area contributed by atoms with E-state index in [2.05, 4.69) is 5.32 Å². The lowest BCUT2D eigenvalue weighted by Crippen LogP contribution is -2.53. The zero-order valence-corrected chi connectivity index (χ0v) is 28.1. The fourth-order valence-electron chi connectivity index (χ4n) is 5.47. The zero-order chi connectivity index (χ0) is 33.6. The maximum absolute atomic E-state index is 14.3. The van der Waals surface area contributed by atoms with E-state index in [0.717, 1.165) is 36.1 Å². The first-order valence-corrected chi connectivity index (χ1v) is 17.0. The molecular weight excluding hydrogens is 655 g/mol. The Morgan fingerprint density at radius 3 is 2.33 bits per heavy atom. The number of anilines is 1. The summed E-state index contributed by atoms with van der Waals surface area (Å²) in [6.45, 7) is 2.46. The molecule has 0 bridgehead atoms. The minimum absolute atomic E-state index is 0.00822. The van der Waals surface area contributed by atoms with Crippen molar-refractivity contribution in [2.45, 2.75) is 69.5 Å². The van der Waals surface area contributed by atoms with Gasteiger partial charge < -0.3 is 15.0 Å². The van der Waals surface area contributed by atoms with Crippen LogP contribution in [0.4, 0.5) is 11.4 Å². The highest BCUT2D eigenvalue weighted by Gasteiger charge is 2.35. The Kier molecular flexibility index (Phi) is 11.5. The van der Waals surface area contributed by atoms with Gasteiger partial charge in [0.15, 0.2) is 0 Å². The standard InChI is InChI=1S/C32H36Cl2N4O7S/c1-4-29(32(40)35-24-7-5-6-8-24)36(19-22-10-11-23(33)17-28(22)34)31(39)20-37(25-12-14-26(45-3)15-13-25)46(43,44)27-16-9-21(2)30(18-27)38(41)42/h9-18,24,29H,4-8,19-20H2,1-3H3,(H,35,40)/t29-/m0/s1. The van der Waals surface area contributed by atoms with Gasteiger partial charge in [-0.1, -0.05) is 55.1 Å². The van der Waals surface area contributed by atoms with Crippen molar-refractivity contribution in [1.29, 1.82) is 0 Å². The molecule has 1 aliphatic rings. The number of methoxy groups -OCH3 is 1. The zero-order valence-electron chi connectivity index (χ0n) is 25.7. The molecule has 3 aromatic rings. The molecule has 0 aliphatic heterocycles. The summed E-state index contributed by atoms with van der Waals surface area (Å²) in [5.74, 6) is -0.576. The van der Waals surface area contributed by atoms with Crippen LogP contribution >= 0.6 is 23.2 Å². The van der Waals surface area contributed by atoms with Crippen LogP contribution in [-0.4, -0.2) is 55.8 Å². The lowest BCUT2D eigenvalue weighted by molar-refractivity contribution is -0.385. The molecule has 3 aromatic carbocycles. The Balaban J connectivity index is 1.78. The third kappa shape index (κ3) is 8.09. The molecular formula is C32H36Cl2N4O7S. The van der Waals surface area contributed by atoms with Gasteiger partial charge in [-0.2, -0.15) is 0 Å². The van der Waals surface area contributed by atoms with Crippen LogP contribution in [0.2, 0.25) is 10.0 Å². The Labute approximate surface area is 278 Å². The number of hydrogen-bond donors (Lipinski definition) is 1. The Morgan fingerprint density at radius 1 is 1.07 bits per heavy atom. The van der Waals surface area contributed by atoms with Crippen molar-refractivity contribution in [3.63, 3.8) is 0 Å². The third-order valence-electron chi connectivity index (χ3n) is 8.05. The molecule has 2 amide bonds. The number of carbonyl (C=O) groups excluding carboxylic acids is 2. The number of rotatable bonds is 13. The average Bonchev–Trinajstić information content (AvgIpc) is 3.53. The predicted molar refractivity (Wildman–Crippen MR) is 177 cm³/mol. The minimum Gasteiger partial charge on any atom is -0.497 e. The number of amides is 2. The van der Waals surface area contributed by atoms with Crippen LogP contribution in [0.5, 0.6) is 5.75 Å². The van der Waals surface area contributed by atoms with Gasteiger partial charge in [-0.15, -0.1) is 0 Å². The molecule has 1 fully saturated rings. The van der Waals surface area contributed by atoms with Crippen molar-refractivity contribution >= 4 is 56.4 Å². The Bertz CT molecular complexity index is 1700. The first kappa shape index (κ1) is 35.0. The summed E-state index contributed by atoms with van der Waals surface area (Å²) in [6, 6.07) is 13.4. The largest absolute Gasteiger partial charge is 0.497 e. The average molecular weight is 692 g/mol. The maximum atomic E-state index is 14.3. The molecule has 46 heavy (non-hydrogen) atoms. The van der Waals surface area contributed by atoms with E-state index < -0.39 is 33.4 Å². The van der Waals surface area contributed by atoms with Crippen molar-refractivity contribution < 1.29 is 27.7 Å². The van der Waals surface area contributed by atoms with Gasteiger partial charge in [0, 0.05) is 34.3 Å². The number of hydrogen-bond acceptors (Lipinski definition) is 7. The monoisotopic (exact) mass is 690 g/mol. The number of halogens is 2. The Hall–Kier alpha value is -3.87. The number of sulfonamides is 1. The van der Waals surface area contributed by atoms with Crippen LogP contribution in [0, 0.1) is 17.0 Å². The fourth-order valence-corrected chi connectivity index (χ4v) is 7.37. The molecule has 14 heteroatoms. The number of nitro groups is 1. The highest BCUT2D eigenvalue weighted by molar-refractivity contribution is 7.92. The van der Waals surface area contributed by atoms with Crippen LogP contribution in [0.1, 0.15) is 50.2 Å². The number of benzene rings is 3. The van der Waals surface area contributed by atoms with E-state index in [9.17, 15) is 28.1 Å². The SMILES string of the molecule is CC[C@@H](C(=O)NC1CCCC1)N(Cc1ccc(Cl)cc1Cl)C(=O)CN(c1ccc(OC)cc1)S(=O)(=O)c1ccc(C)c([N+](=O)[O-])c1. The number of carbonyl (C=O) groups is 2. The van der Waals surface area contributed by atoms with E-state index in [1.54, 1.807) is 19.1 Å². The van der Waals surface area contributed by atoms with E-state index in [4.69, 9.17) is 27.9 Å². The summed E-state index contributed by atoms with van der Waals surface area (Å²) in [7, 11) is -3.08. The molecule has 11 nitrogen and oxygen atoms in total. The molecule has 0 spiro atoms. The van der Waals surface area contributed by atoms with Gasteiger partial charge >= 0.3 is 0 Å². The molecule has 0 unspecified atom stereocenters. The van der Waals surface area contributed by atoms with Gasteiger partial charge in [0.05, 0.1) is 22.6 Å². The fraction of sp³-hybridized carbons (Fsp3) is 0.375. The van der Waals surface area contributed by atoms with Gasteiger partial charge in [-0.3, -0.25) is 24.0 Å². The molecule has 0 saturated heterocycles. The normalized spacial score (nSPS) is 14.0. The van der Waals surface area contributed by atoms with E-state index in [1.807, 2.05) is 0 Å². The van der Waals surface area contributed by atoms with E-state index in [1.165, 1.54) is 61.4 Å². The predicted octanol–water partition coefficient (Wildman–Crippen LogP) is 6.28. The molecule has 0 heterocycles. The molecule has 1 aliphatic carbocycles. The number of nitrogens with one attached hydrogen (secondary N) is 1. The second-order valence-electron chi connectivity index (χ2n) is 11.1. The first-order chi connectivity index (χ1) is 21.8. The van der Waals surface area contributed by atoms with Crippen molar-refractivity contribution in [3.8, 4) is 5.75 Å². The number of nitrogens with zero attached hydrogens (tertiary/aromatic N) is 3. The quantitative estimate of drug-likeness (QED) is 0.164. The van der Waals surface area contributed by atoms with Crippen LogP contribution in [0.3, 0.4) is 0 Å². The third-order valence-corrected chi connectivity index (χ3v) is 10.4. The summed E-state index contributed by atoms with van der Waals surface area (Å²) >= 11 is 12.6. The van der Waals surface area contributed by atoms with Crippen LogP contribution in [0.25, 0.3) is 0 Å². The Morgan fingerprint density at radius 2 is 1.74 bits per heavy atom. The minimum atomic E-state index is -4.54. The molecule has 0 aromatic heterocycles. The highest BCUT2D eigenvalue weighted by Crippen LogP contribution is 2.30. The number of aryl methyl sites for hydroxylation is 1. The molecule has 1 atom stereocenters. The van der Waals surface area contributed by atoms with Crippen molar-refractivity contribution in [2.24, 2.45) is 0 Å². The molecule has 1 N–H and O–H groups in total. The number of nitro benzene ring substituents is 1. The number of ether oxygens (including phenoxy) is 1. The van der Waals surface area contributed by atoms with Crippen LogP contribution in [-0.2, 0) is 26.2 Å². The summed E-state index contributed by atoms with van der Waals surface area (Å²) in [5, 5.41) is 15.4. The molecule has 4 rings (SSSR count). The topological polar surface area (TPSA) is 139 Å². The summed E-state index contributed by atoms with van der Waals surface area (Å²) in [6.07, 6.45) is 3.92. The smallest absolute Gasteiger partial charge is 0.273 e. The van der Waals surface area contributed by atoms with E-state index in [0.29, 0.717) is 16.3 Å². The van der Waals surface area contributed by atoms with Gasteiger partial charge in [0.2, 0.25) is 11.8 Å². The highest BCUT2D eigenvalue weighted by atomic mass is 35.5. The van der Waals surface area contributed by atoms with Crippen LogP contribution < -0.4 is 14.4 Å². The van der Waals surface area contributed by atoms with Gasteiger partial charge in [-0.25, -0.2) is 8.42 Å². The lowest BCUT2D eigenvalue weighted by atomic mass is 10.1. The van der Waals surface area contributed by atoms with Gasteiger partial charge in [0.25, 0.3) is 15.7 Å². The van der Waals surface area contributed by atoms with Crippen molar-refractivity contribution in [2.75, 3.05) is 18.0 Å². The lowest BCUT2D eigenvalue weighted by Gasteiger charge is -2.34. The van der Waals surface area contributed by atoms with E-state index in [-0.39, 0.29) is 51.8 Å². The van der Waals surface area contributed by atoms with Crippen molar-refractivity contribution in [1.82, 2.24) is 10.2 Å². The maximum Gasteiger partial charge on any atom is 0.273 e. The second-order valence-corrected chi connectivity index (χ2v) is 13.8. The van der Waals surface area contributed by atoms with Gasteiger partial charge in [0.1, 0.15) is 18.3 Å². The summed E-state index contributed by atoms with van der Waals surface area (Å²) in [4.78, 5) is 39.9. The van der Waals surface area contributed by atoms with E-state index >= 15 is 0 Å². The molecule has 1 saturated carbocycles. The summed E-state index contributed by atoms with van der Waals surface area (Å²) in [5.41, 5.74) is 0.529. The van der Waals surface area contributed by atoms with Crippen LogP contribution in [0.15, 0.2) is 65.6 Å². The van der Waals surface area contributed by atoms with Crippen molar-refractivity contribution in [3.05, 3.63) is 92.0 Å². The summed E-state index contributed by atoms with van der Waals surface area (Å²) < 4.78 is 34.4. The first-order valence-electron chi connectivity index (χ1n) is 14.8. The molecule has 0 radical (unpaired) electrons. The van der Waals surface area contributed by atoms with Gasteiger partial charge in [-0.05, 0) is 74.2 Å². The second kappa shape index (κ2) is 15.1. The molecule has 246 valence electrons.